The fourth-order valence-corrected chi connectivity index (χ4v) is 3.54. The number of carbonyl (C=O) groups excluding carboxylic acids is 1. The first kappa shape index (κ1) is 17.1. The normalized spacial score (nSPS) is 22.9. The number of amides is 2. The zero-order chi connectivity index (χ0) is 15.3. The first-order chi connectivity index (χ1) is 9.32. The summed E-state index contributed by atoms with van der Waals surface area (Å²) in [7, 11) is 0. The third kappa shape index (κ3) is 4.30. The van der Waals surface area contributed by atoms with E-state index in [0.29, 0.717) is 12.3 Å². The van der Waals surface area contributed by atoms with Gasteiger partial charge in [-0.05, 0) is 18.3 Å². The molecule has 2 atom stereocenters. The smallest absolute Gasteiger partial charge is 0.327 e. The molecule has 2 amide bonds. The number of rotatable bonds is 6. The second-order valence-corrected chi connectivity index (χ2v) is 7.23. The molecule has 1 fully saturated rings. The lowest BCUT2D eigenvalue weighted by molar-refractivity contribution is -0.141. The van der Waals surface area contributed by atoms with E-state index in [1.807, 2.05) is 6.92 Å². The SMILES string of the molecule is CCCC1SCC(C(=O)O)N1C(=O)NCC(C)(C)CC. The van der Waals surface area contributed by atoms with Crippen LogP contribution in [0.5, 0.6) is 0 Å². The van der Waals surface area contributed by atoms with Crippen molar-refractivity contribution in [2.45, 2.75) is 58.4 Å². The Balaban J connectivity index is 2.71. The number of hydrogen-bond donors (Lipinski definition) is 2. The number of hydrogen-bond acceptors (Lipinski definition) is 3. The highest BCUT2D eigenvalue weighted by molar-refractivity contribution is 8.00. The first-order valence-corrected chi connectivity index (χ1v) is 8.28. The van der Waals surface area contributed by atoms with E-state index in [0.717, 1.165) is 19.3 Å². The summed E-state index contributed by atoms with van der Waals surface area (Å²) < 4.78 is 0. The Labute approximate surface area is 125 Å². The molecule has 1 saturated heterocycles. The lowest BCUT2D eigenvalue weighted by Crippen LogP contribution is -2.51. The van der Waals surface area contributed by atoms with Crippen molar-refractivity contribution >= 4 is 23.8 Å². The van der Waals surface area contributed by atoms with E-state index < -0.39 is 12.0 Å². The van der Waals surface area contributed by atoms with Crippen LogP contribution in [0.15, 0.2) is 0 Å². The highest BCUT2D eigenvalue weighted by Crippen LogP contribution is 2.32. The van der Waals surface area contributed by atoms with Crippen LogP contribution in [0, 0.1) is 5.41 Å². The van der Waals surface area contributed by atoms with Gasteiger partial charge in [-0.1, -0.05) is 34.1 Å². The number of carbonyl (C=O) groups is 2. The topological polar surface area (TPSA) is 69.6 Å². The summed E-state index contributed by atoms with van der Waals surface area (Å²) in [6, 6.07) is -0.955. The maximum atomic E-state index is 12.3. The summed E-state index contributed by atoms with van der Waals surface area (Å²) in [6.45, 7) is 8.87. The second kappa shape index (κ2) is 7.20. The number of carboxylic acids is 1. The standard InChI is InChI=1S/C14H26N2O3S/c1-5-7-11-16(10(8-20-11)12(17)18)13(19)15-9-14(3,4)6-2/h10-11H,5-9H2,1-4H3,(H,15,19)(H,17,18). The van der Waals surface area contributed by atoms with Crippen LogP contribution in [-0.2, 0) is 4.79 Å². The van der Waals surface area contributed by atoms with E-state index in [9.17, 15) is 14.7 Å². The van der Waals surface area contributed by atoms with Crippen molar-refractivity contribution in [2.75, 3.05) is 12.3 Å². The molecule has 6 heteroatoms. The predicted molar refractivity (Wildman–Crippen MR) is 81.9 cm³/mol. The minimum atomic E-state index is -0.916. The average Bonchev–Trinajstić information content (AvgIpc) is 2.80. The molecule has 1 aliphatic rings. The highest BCUT2D eigenvalue weighted by atomic mass is 32.2. The van der Waals surface area contributed by atoms with Crippen LogP contribution in [0.2, 0.25) is 0 Å². The molecule has 0 aromatic rings. The summed E-state index contributed by atoms with van der Waals surface area (Å²) >= 11 is 1.56. The van der Waals surface area contributed by atoms with Gasteiger partial charge in [-0.2, -0.15) is 0 Å². The molecule has 20 heavy (non-hydrogen) atoms. The van der Waals surface area contributed by atoms with Gasteiger partial charge in [0.1, 0.15) is 6.04 Å². The maximum Gasteiger partial charge on any atom is 0.327 e. The Morgan fingerprint density at radius 1 is 1.40 bits per heavy atom. The molecule has 0 radical (unpaired) electrons. The van der Waals surface area contributed by atoms with Gasteiger partial charge >= 0.3 is 12.0 Å². The number of aliphatic carboxylic acids is 1. The Morgan fingerprint density at radius 3 is 2.55 bits per heavy atom. The quantitative estimate of drug-likeness (QED) is 0.791. The van der Waals surface area contributed by atoms with Gasteiger partial charge in [-0.15, -0.1) is 11.8 Å². The maximum absolute atomic E-state index is 12.3. The molecule has 0 spiro atoms. The van der Waals surface area contributed by atoms with Crippen molar-refractivity contribution in [3.05, 3.63) is 0 Å². The largest absolute Gasteiger partial charge is 0.480 e. The number of thioether (sulfide) groups is 1. The molecule has 5 nitrogen and oxygen atoms in total. The molecule has 0 bridgehead atoms. The van der Waals surface area contributed by atoms with E-state index in [4.69, 9.17) is 0 Å². The van der Waals surface area contributed by atoms with Crippen LogP contribution in [0.25, 0.3) is 0 Å². The van der Waals surface area contributed by atoms with Crippen LogP contribution >= 0.6 is 11.8 Å². The Hall–Kier alpha value is -0.910. The Morgan fingerprint density at radius 2 is 2.05 bits per heavy atom. The van der Waals surface area contributed by atoms with Crippen LogP contribution in [0.3, 0.4) is 0 Å². The third-order valence-corrected chi connectivity index (χ3v) is 5.18. The van der Waals surface area contributed by atoms with Crippen LogP contribution in [0.4, 0.5) is 4.79 Å². The molecule has 1 rings (SSSR count). The van der Waals surface area contributed by atoms with Crippen LogP contribution < -0.4 is 5.32 Å². The van der Waals surface area contributed by atoms with Gasteiger partial charge in [0, 0.05) is 12.3 Å². The molecule has 116 valence electrons. The molecular formula is C14H26N2O3S. The molecule has 1 heterocycles. The van der Waals surface area contributed by atoms with Gasteiger partial charge in [0.05, 0.1) is 5.37 Å². The zero-order valence-corrected chi connectivity index (χ0v) is 13.6. The first-order valence-electron chi connectivity index (χ1n) is 7.23. The van der Waals surface area contributed by atoms with Crippen molar-refractivity contribution in [3.8, 4) is 0 Å². The lowest BCUT2D eigenvalue weighted by atomic mass is 9.90. The zero-order valence-electron chi connectivity index (χ0n) is 12.8. The summed E-state index contributed by atoms with van der Waals surface area (Å²) in [6.07, 6.45) is 2.73. The molecule has 2 N–H and O–H groups in total. The predicted octanol–water partition coefficient (Wildman–Crippen LogP) is 2.76. The summed E-state index contributed by atoms with van der Waals surface area (Å²) in [5, 5.41) is 12.1. The van der Waals surface area contributed by atoms with E-state index in [-0.39, 0.29) is 16.8 Å². The van der Waals surface area contributed by atoms with Crippen LogP contribution in [0.1, 0.15) is 47.0 Å². The van der Waals surface area contributed by atoms with Gasteiger partial charge in [-0.25, -0.2) is 9.59 Å². The fraction of sp³-hybridized carbons (Fsp3) is 0.857. The fourth-order valence-electron chi connectivity index (χ4n) is 2.03. The average molecular weight is 302 g/mol. The molecule has 0 aromatic heterocycles. The number of carboxylic acid groups (broad SMARTS) is 1. The highest BCUT2D eigenvalue weighted by Gasteiger charge is 2.41. The van der Waals surface area contributed by atoms with Crippen molar-refractivity contribution in [2.24, 2.45) is 5.41 Å². The van der Waals surface area contributed by atoms with Crippen molar-refractivity contribution in [1.82, 2.24) is 10.2 Å². The van der Waals surface area contributed by atoms with Crippen molar-refractivity contribution in [1.29, 1.82) is 0 Å². The second-order valence-electron chi connectivity index (χ2n) is 6.01. The lowest BCUT2D eigenvalue weighted by Gasteiger charge is -2.30. The molecule has 2 unspecified atom stereocenters. The van der Waals surface area contributed by atoms with E-state index in [1.165, 1.54) is 4.90 Å². The van der Waals surface area contributed by atoms with Crippen molar-refractivity contribution < 1.29 is 14.7 Å². The monoisotopic (exact) mass is 302 g/mol. The molecule has 0 aromatic carbocycles. The molecule has 0 aliphatic carbocycles. The molecule has 0 saturated carbocycles. The minimum Gasteiger partial charge on any atom is -0.480 e. The number of nitrogens with zero attached hydrogens (tertiary/aromatic N) is 1. The minimum absolute atomic E-state index is 0.0224. The van der Waals surface area contributed by atoms with Crippen LogP contribution in [-0.4, -0.2) is 45.7 Å². The van der Waals surface area contributed by atoms with Crippen molar-refractivity contribution in [3.63, 3.8) is 0 Å². The van der Waals surface area contributed by atoms with Gasteiger partial charge in [-0.3, -0.25) is 4.90 Å². The summed E-state index contributed by atoms with van der Waals surface area (Å²) in [4.78, 5) is 25.2. The van der Waals surface area contributed by atoms with Gasteiger partial charge in [0.15, 0.2) is 0 Å². The van der Waals surface area contributed by atoms with Gasteiger partial charge in [0.25, 0.3) is 0 Å². The number of nitrogens with one attached hydrogen (secondary N) is 1. The molecule has 1 aliphatic heterocycles. The van der Waals surface area contributed by atoms with Gasteiger partial charge < -0.3 is 10.4 Å². The molecular weight excluding hydrogens is 276 g/mol. The van der Waals surface area contributed by atoms with E-state index >= 15 is 0 Å². The van der Waals surface area contributed by atoms with Gasteiger partial charge in [0.2, 0.25) is 0 Å². The summed E-state index contributed by atoms with van der Waals surface area (Å²) in [5.74, 6) is -0.439. The van der Waals surface area contributed by atoms with E-state index in [1.54, 1.807) is 11.8 Å². The number of urea groups is 1. The third-order valence-electron chi connectivity index (χ3n) is 3.82. The summed E-state index contributed by atoms with van der Waals surface area (Å²) in [5.41, 5.74) is 0.0293. The Bertz CT molecular complexity index is 360. The van der Waals surface area contributed by atoms with E-state index in [2.05, 4.69) is 26.1 Å². The Kier molecular flexibility index (Phi) is 6.17.